The van der Waals surface area contributed by atoms with Crippen molar-refractivity contribution in [3.63, 3.8) is 0 Å². The molecule has 11 nitrogen and oxygen atoms in total. The Morgan fingerprint density at radius 2 is 1.75 bits per heavy atom. The second-order valence-corrected chi connectivity index (χ2v) is 8.49. The number of carbonyl (C=O) groups is 3. The number of methoxy groups -OCH3 is 1. The molecule has 1 saturated heterocycles. The van der Waals surface area contributed by atoms with E-state index in [1.807, 2.05) is 18.2 Å². The maximum atomic E-state index is 13.3. The first-order valence-electron chi connectivity index (χ1n) is 11.5. The fourth-order valence-electron chi connectivity index (χ4n) is 4.38. The maximum absolute atomic E-state index is 13.3. The van der Waals surface area contributed by atoms with Gasteiger partial charge in [-0.3, -0.25) is 19.4 Å². The minimum atomic E-state index is -0.642. The van der Waals surface area contributed by atoms with Crippen molar-refractivity contribution >= 4 is 28.5 Å². The average molecular weight is 488 g/mol. The third kappa shape index (κ3) is 4.30. The molecular formula is C25H25N7O4. The molecule has 0 radical (unpaired) electrons. The Labute approximate surface area is 206 Å². The summed E-state index contributed by atoms with van der Waals surface area (Å²) in [5.74, 6) is -0.318. The Morgan fingerprint density at radius 3 is 2.42 bits per heavy atom. The molecule has 36 heavy (non-hydrogen) atoms. The fourth-order valence-corrected chi connectivity index (χ4v) is 4.38. The highest BCUT2D eigenvalue weighted by molar-refractivity contribution is 6.45. The summed E-state index contributed by atoms with van der Waals surface area (Å²) in [6, 6.07) is 9.01. The van der Waals surface area contributed by atoms with E-state index in [-0.39, 0.29) is 24.6 Å². The summed E-state index contributed by atoms with van der Waals surface area (Å²) in [6.07, 6.45) is 4.65. The zero-order valence-electron chi connectivity index (χ0n) is 20.0. The van der Waals surface area contributed by atoms with Gasteiger partial charge >= 0.3 is 0 Å². The van der Waals surface area contributed by atoms with Gasteiger partial charge < -0.3 is 19.5 Å². The quantitative estimate of drug-likeness (QED) is 0.324. The van der Waals surface area contributed by atoms with Crippen LogP contribution in [-0.4, -0.2) is 85.4 Å². The van der Waals surface area contributed by atoms with Gasteiger partial charge in [-0.1, -0.05) is 18.2 Å². The topological polar surface area (TPSA) is 126 Å². The van der Waals surface area contributed by atoms with Gasteiger partial charge in [0.1, 0.15) is 17.9 Å². The number of nitrogens with zero attached hydrogens (tertiary/aromatic N) is 6. The molecule has 0 bridgehead atoms. The molecule has 4 heterocycles. The number of amides is 2. The van der Waals surface area contributed by atoms with Crippen LogP contribution in [-0.2, 0) is 11.3 Å². The number of fused-ring (bicyclic) bond motifs is 1. The maximum Gasteiger partial charge on any atom is 0.295 e. The summed E-state index contributed by atoms with van der Waals surface area (Å²) in [5, 5.41) is 4.79. The monoisotopic (exact) mass is 487 g/mol. The van der Waals surface area contributed by atoms with Crippen LogP contribution >= 0.6 is 0 Å². The van der Waals surface area contributed by atoms with Crippen LogP contribution in [0, 0.1) is 6.92 Å². The van der Waals surface area contributed by atoms with Crippen LogP contribution in [0.2, 0.25) is 0 Å². The molecule has 3 aromatic heterocycles. The molecule has 5 rings (SSSR count). The van der Waals surface area contributed by atoms with E-state index in [0.717, 1.165) is 0 Å². The second kappa shape index (κ2) is 9.61. The molecule has 0 saturated carbocycles. The minimum Gasteiger partial charge on any atom is -0.494 e. The van der Waals surface area contributed by atoms with Crippen LogP contribution in [0.1, 0.15) is 32.2 Å². The van der Waals surface area contributed by atoms with Gasteiger partial charge in [0.05, 0.1) is 42.0 Å². The van der Waals surface area contributed by atoms with Gasteiger partial charge in [0, 0.05) is 37.9 Å². The van der Waals surface area contributed by atoms with E-state index in [1.165, 1.54) is 24.4 Å². The summed E-state index contributed by atoms with van der Waals surface area (Å²) < 4.78 is 7.10. The van der Waals surface area contributed by atoms with Crippen LogP contribution in [0.25, 0.3) is 10.9 Å². The van der Waals surface area contributed by atoms with Crippen molar-refractivity contribution in [1.82, 2.24) is 34.5 Å². The smallest absolute Gasteiger partial charge is 0.295 e. The summed E-state index contributed by atoms with van der Waals surface area (Å²) in [6.45, 7) is 3.40. The molecule has 0 unspecified atom stereocenters. The van der Waals surface area contributed by atoms with Gasteiger partial charge in [-0.05, 0) is 19.1 Å². The summed E-state index contributed by atoms with van der Waals surface area (Å²) in [5.41, 5.74) is 2.05. The number of aromatic amines is 1. The van der Waals surface area contributed by atoms with Crippen LogP contribution in [0.3, 0.4) is 0 Å². The Bertz CT molecular complexity index is 1440. The number of pyridine rings is 1. The molecule has 184 valence electrons. The largest absolute Gasteiger partial charge is 0.494 e. The number of benzene rings is 1. The van der Waals surface area contributed by atoms with Gasteiger partial charge in [0.25, 0.3) is 17.6 Å². The molecule has 4 aromatic rings. The number of H-pyrrole nitrogens is 1. The standard InChI is InChI=1S/C25H25N7O4/c1-16-28-15-32(29-16)14-19-22-21(20(36-2)13-26-19)18(12-27-22)23(33)25(35)31-10-8-30(9-11-31)24(34)17-6-4-3-5-7-17/h3-7,12-13,15,27H,8-11,14H2,1-2H3. The first-order chi connectivity index (χ1) is 17.5. The lowest BCUT2D eigenvalue weighted by atomic mass is 10.1. The molecule has 11 heteroatoms. The molecule has 2 amide bonds. The number of aryl methyl sites for hydroxylation is 1. The molecule has 0 aliphatic carbocycles. The first kappa shape index (κ1) is 23.2. The third-order valence-electron chi connectivity index (χ3n) is 6.25. The summed E-state index contributed by atoms with van der Waals surface area (Å²) in [4.78, 5) is 54.0. The van der Waals surface area contributed by atoms with E-state index < -0.39 is 11.7 Å². The highest BCUT2D eigenvalue weighted by Gasteiger charge is 2.31. The van der Waals surface area contributed by atoms with E-state index in [9.17, 15) is 14.4 Å². The molecule has 1 aromatic carbocycles. The predicted octanol–water partition coefficient (Wildman–Crippen LogP) is 1.69. The molecule has 1 N–H and O–H groups in total. The Kier molecular flexibility index (Phi) is 6.19. The van der Waals surface area contributed by atoms with Crippen molar-refractivity contribution in [1.29, 1.82) is 0 Å². The lowest BCUT2D eigenvalue weighted by Crippen LogP contribution is -2.52. The second-order valence-electron chi connectivity index (χ2n) is 8.49. The molecule has 1 aliphatic heterocycles. The predicted molar refractivity (Wildman–Crippen MR) is 130 cm³/mol. The van der Waals surface area contributed by atoms with Crippen molar-refractivity contribution in [2.75, 3.05) is 33.3 Å². The number of hydrogen-bond donors (Lipinski definition) is 1. The number of carbonyl (C=O) groups excluding carboxylic acids is 3. The average Bonchev–Trinajstić information content (AvgIpc) is 3.55. The molecule has 1 aliphatic rings. The van der Waals surface area contributed by atoms with Crippen LogP contribution in [0.4, 0.5) is 0 Å². The number of aromatic nitrogens is 5. The van der Waals surface area contributed by atoms with Crippen molar-refractivity contribution in [3.8, 4) is 5.75 Å². The van der Waals surface area contributed by atoms with Gasteiger partial charge in [0.15, 0.2) is 0 Å². The van der Waals surface area contributed by atoms with E-state index >= 15 is 0 Å². The van der Waals surface area contributed by atoms with Gasteiger partial charge in [-0.25, -0.2) is 9.67 Å². The number of nitrogens with one attached hydrogen (secondary N) is 1. The van der Waals surface area contributed by atoms with Gasteiger partial charge in [-0.2, -0.15) is 5.10 Å². The molecule has 0 spiro atoms. The number of Topliss-reactive ketones (excluding diaryl/α,β-unsaturated/α-hetero) is 1. The summed E-state index contributed by atoms with van der Waals surface area (Å²) in [7, 11) is 1.49. The molecular weight excluding hydrogens is 462 g/mol. The van der Waals surface area contributed by atoms with Crippen molar-refractivity contribution in [3.05, 3.63) is 71.7 Å². The lowest BCUT2D eigenvalue weighted by molar-refractivity contribution is -0.127. The number of ether oxygens (including phenoxy) is 1. The highest BCUT2D eigenvalue weighted by atomic mass is 16.5. The van der Waals surface area contributed by atoms with Crippen LogP contribution in [0.15, 0.2) is 49.1 Å². The van der Waals surface area contributed by atoms with E-state index in [0.29, 0.717) is 53.4 Å². The summed E-state index contributed by atoms with van der Waals surface area (Å²) >= 11 is 0. The number of piperazine rings is 1. The van der Waals surface area contributed by atoms with E-state index in [4.69, 9.17) is 4.74 Å². The van der Waals surface area contributed by atoms with Crippen LogP contribution in [0.5, 0.6) is 5.75 Å². The van der Waals surface area contributed by atoms with Gasteiger partial charge in [0.2, 0.25) is 0 Å². The Morgan fingerprint density at radius 1 is 1.03 bits per heavy atom. The number of rotatable bonds is 6. The van der Waals surface area contributed by atoms with Crippen molar-refractivity contribution < 1.29 is 19.1 Å². The third-order valence-corrected chi connectivity index (χ3v) is 6.25. The fraction of sp³-hybridized carbons (Fsp3) is 0.280. The Balaban J connectivity index is 1.34. The molecule has 0 atom stereocenters. The molecule has 1 fully saturated rings. The SMILES string of the molecule is COc1cnc(Cn2cnc(C)n2)c2[nH]cc(C(=O)C(=O)N3CCN(C(=O)c4ccccc4)CC3)c12. The van der Waals surface area contributed by atoms with Gasteiger partial charge in [-0.15, -0.1) is 0 Å². The van der Waals surface area contributed by atoms with E-state index in [2.05, 4.69) is 20.1 Å². The zero-order valence-corrected chi connectivity index (χ0v) is 20.0. The first-order valence-corrected chi connectivity index (χ1v) is 11.5. The highest BCUT2D eigenvalue weighted by Crippen LogP contribution is 2.31. The van der Waals surface area contributed by atoms with Crippen molar-refractivity contribution in [2.24, 2.45) is 0 Å². The zero-order chi connectivity index (χ0) is 25.2. The minimum absolute atomic E-state index is 0.0852. The van der Waals surface area contributed by atoms with Crippen LogP contribution < -0.4 is 4.74 Å². The lowest BCUT2D eigenvalue weighted by Gasteiger charge is -2.34. The number of ketones is 1. The Hall–Kier alpha value is -4.54. The normalized spacial score (nSPS) is 13.7. The van der Waals surface area contributed by atoms with E-state index in [1.54, 1.807) is 35.0 Å². The van der Waals surface area contributed by atoms with Crippen molar-refractivity contribution in [2.45, 2.75) is 13.5 Å². The number of hydrogen-bond acceptors (Lipinski definition) is 7.